The van der Waals surface area contributed by atoms with Crippen molar-refractivity contribution in [1.82, 2.24) is 0 Å². The molecule has 2 aliphatic rings. The van der Waals surface area contributed by atoms with E-state index in [9.17, 15) is 4.21 Å². The first kappa shape index (κ1) is 10.6. The van der Waals surface area contributed by atoms with E-state index in [1.807, 2.05) is 19.9 Å². The maximum Gasteiger partial charge on any atom is 0.0755 e. The molecule has 0 saturated heterocycles. The Bertz CT molecular complexity index is 416. The minimum Gasteiger partial charge on any atom is -0.250 e. The fourth-order valence-electron chi connectivity index (χ4n) is 2.64. The molecule has 0 amide bonds. The largest absolute Gasteiger partial charge is 0.250 e. The first-order valence-electron chi connectivity index (χ1n) is 5.24. The minimum atomic E-state index is -0.968. The molecule has 15 heavy (non-hydrogen) atoms. The Balaban J connectivity index is 2.39. The van der Waals surface area contributed by atoms with E-state index < -0.39 is 10.8 Å². The third-order valence-corrected chi connectivity index (χ3v) is 5.06. The summed E-state index contributed by atoms with van der Waals surface area (Å²) in [6.07, 6.45) is 4.15. The van der Waals surface area contributed by atoms with Crippen LogP contribution in [-0.4, -0.2) is 4.21 Å². The van der Waals surface area contributed by atoms with Gasteiger partial charge in [-0.3, -0.25) is 0 Å². The van der Waals surface area contributed by atoms with Gasteiger partial charge in [0.2, 0.25) is 0 Å². The van der Waals surface area contributed by atoms with E-state index in [0.29, 0.717) is 11.8 Å². The number of fused-ring (bicyclic) bond motifs is 1. The predicted molar refractivity (Wildman–Crippen MR) is 60.9 cm³/mol. The summed E-state index contributed by atoms with van der Waals surface area (Å²) in [5.74, 6) is 1.20. The Morgan fingerprint density at radius 1 is 1.27 bits per heavy atom. The lowest BCUT2D eigenvalue weighted by Gasteiger charge is -2.44. The Morgan fingerprint density at radius 3 is 2.33 bits per heavy atom. The molecule has 0 N–H and O–H groups in total. The van der Waals surface area contributed by atoms with Gasteiger partial charge in [-0.05, 0) is 25.7 Å². The van der Waals surface area contributed by atoms with Crippen LogP contribution in [-0.2, 0) is 10.8 Å². The molecule has 0 radical (unpaired) electrons. The Kier molecular flexibility index (Phi) is 2.56. The van der Waals surface area contributed by atoms with Crippen molar-refractivity contribution in [1.29, 1.82) is 5.26 Å². The molecule has 2 nitrogen and oxygen atoms in total. The van der Waals surface area contributed by atoms with Crippen molar-refractivity contribution in [3.63, 3.8) is 0 Å². The normalized spacial score (nSPS) is 44.0. The van der Waals surface area contributed by atoms with Gasteiger partial charge in [0, 0.05) is 15.7 Å². The molecule has 1 aliphatic heterocycles. The van der Waals surface area contributed by atoms with Crippen molar-refractivity contribution in [2.75, 3.05) is 0 Å². The molecule has 5 unspecified atom stereocenters. The van der Waals surface area contributed by atoms with Crippen LogP contribution in [0.5, 0.6) is 0 Å². The lowest BCUT2D eigenvalue weighted by molar-refractivity contribution is 0.105. The average Bonchev–Trinajstić information content (AvgIpc) is 2.31. The Morgan fingerprint density at radius 2 is 1.80 bits per heavy atom. The van der Waals surface area contributed by atoms with E-state index in [-0.39, 0.29) is 11.8 Å². The topological polar surface area (TPSA) is 40.9 Å². The van der Waals surface area contributed by atoms with Crippen molar-refractivity contribution in [3.05, 3.63) is 22.0 Å². The average molecular weight is 221 g/mol. The molecule has 0 spiro atoms. The van der Waals surface area contributed by atoms with Gasteiger partial charge in [-0.1, -0.05) is 19.1 Å². The molecule has 2 rings (SSSR count). The first-order valence-corrected chi connectivity index (χ1v) is 6.39. The smallest absolute Gasteiger partial charge is 0.0755 e. The lowest BCUT2D eigenvalue weighted by atomic mass is 9.58. The molecule has 0 aromatic carbocycles. The summed E-state index contributed by atoms with van der Waals surface area (Å²) in [6, 6.07) is 2.36. The van der Waals surface area contributed by atoms with Crippen molar-refractivity contribution < 1.29 is 4.21 Å². The minimum absolute atomic E-state index is 0.101. The summed E-state index contributed by atoms with van der Waals surface area (Å²) in [5.41, 5.74) is 0. The first-order chi connectivity index (χ1) is 7.06. The summed E-state index contributed by atoms with van der Waals surface area (Å²) in [5, 5.41) is 9.03. The molecule has 0 aromatic heterocycles. The fraction of sp³-hybridized carbons (Fsp3) is 0.583. The van der Waals surface area contributed by atoms with E-state index in [0.717, 1.165) is 9.81 Å². The molecule has 1 saturated carbocycles. The van der Waals surface area contributed by atoms with Gasteiger partial charge in [-0.15, -0.1) is 0 Å². The SMILES string of the molecule is CC1=CC2C(C)C(C#N)C2C=C(C)S1=O. The van der Waals surface area contributed by atoms with E-state index >= 15 is 0 Å². The summed E-state index contributed by atoms with van der Waals surface area (Å²) in [4.78, 5) is 1.85. The number of hydrogen-bond donors (Lipinski definition) is 0. The molecule has 1 heterocycles. The zero-order valence-electron chi connectivity index (χ0n) is 9.23. The lowest BCUT2D eigenvalue weighted by Crippen LogP contribution is -2.42. The second kappa shape index (κ2) is 3.61. The Hall–Kier alpha value is -0.880. The number of hydrogen-bond acceptors (Lipinski definition) is 2. The summed E-state index contributed by atoms with van der Waals surface area (Å²) in [6.45, 7) is 5.92. The van der Waals surface area contributed by atoms with Crippen LogP contribution in [0.15, 0.2) is 22.0 Å². The van der Waals surface area contributed by atoms with Gasteiger partial charge in [0.05, 0.1) is 22.8 Å². The monoisotopic (exact) mass is 221 g/mol. The Labute approximate surface area is 93.1 Å². The van der Waals surface area contributed by atoms with Crippen LogP contribution < -0.4 is 0 Å². The van der Waals surface area contributed by atoms with Crippen LogP contribution in [0.25, 0.3) is 0 Å². The standard InChI is InChI=1S/C12H15NOS/c1-7-4-10-9(3)12(6-13)11(10)5-8(2)15(7)14/h4-5,9-12H,1-3H3. The molecule has 3 heteroatoms. The van der Waals surface area contributed by atoms with Crippen LogP contribution >= 0.6 is 0 Å². The van der Waals surface area contributed by atoms with Crippen molar-refractivity contribution in [2.45, 2.75) is 20.8 Å². The molecule has 1 fully saturated rings. The van der Waals surface area contributed by atoms with Gasteiger partial charge in [0.15, 0.2) is 0 Å². The van der Waals surface area contributed by atoms with Crippen LogP contribution in [0.2, 0.25) is 0 Å². The number of nitriles is 1. The third kappa shape index (κ3) is 1.48. The summed E-state index contributed by atoms with van der Waals surface area (Å²) in [7, 11) is -0.968. The highest BCUT2D eigenvalue weighted by Crippen LogP contribution is 2.49. The zero-order valence-corrected chi connectivity index (χ0v) is 10.0. The number of rotatable bonds is 0. The van der Waals surface area contributed by atoms with Crippen LogP contribution in [0.4, 0.5) is 0 Å². The van der Waals surface area contributed by atoms with Crippen molar-refractivity contribution in [2.24, 2.45) is 23.7 Å². The van der Waals surface area contributed by atoms with Crippen LogP contribution in [0.3, 0.4) is 0 Å². The van der Waals surface area contributed by atoms with E-state index in [1.165, 1.54) is 0 Å². The van der Waals surface area contributed by atoms with Gasteiger partial charge in [0.1, 0.15) is 0 Å². The highest BCUT2D eigenvalue weighted by Gasteiger charge is 2.46. The fourth-order valence-corrected chi connectivity index (χ4v) is 3.70. The zero-order chi connectivity index (χ0) is 11.2. The molecule has 80 valence electrons. The number of allylic oxidation sites excluding steroid dienone is 4. The van der Waals surface area contributed by atoms with Gasteiger partial charge >= 0.3 is 0 Å². The highest BCUT2D eigenvalue weighted by molar-refractivity contribution is 7.92. The van der Waals surface area contributed by atoms with Crippen LogP contribution in [0, 0.1) is 35.0 Å². The van der Waals surface area contributed by atoms with E-state index in [2.05, 4.69) is 19.1 Å². The van der Waals surface area contributed by atoms with Gasteiger partial charge in [-0.2, -0.15) is 5.26 Å². The van der Waals surface area contributed by atoms with Gasteiger partial charge in [-0.25, -0.2) is 4.21 Å². The van der Waals surface area contributed by atoms with Gasteiger partial charge in [0.25, 0.3) is 0 Å². The molecule has 5 atom stereocenters. The predicted octanol–water partition coefficient (Wildman–Crippen LogP) is 2.58. The molecule has 1 aliphatic carbocycles. The third-order valence-electron chi connectivity index (χ3n) is 3.62. The molecule has 0 bridgehead atoms. The highest BCUT2D eigenvalue weighted by atomic mass is 32.2. The van der Waals surface area contributed by atoms with Crippen molar-refractivity contribution >= 4 is 10.8 Å². The second-order valence-corrected chi connectivity index (χ2v) is 6.32. The van der Waals surface area contributed by atoms with E-state index in [4.69, 9.17) is 5.26 Å². The van der Waals surface area contributed by atoms with E-state index in [1.54, 1.807) is 0 Å². The molecule has 0 aromatic rings. The maximum absolute atomic E-state index is 11.9. The summed E-state index contributed by atoms with van der Waals surface area (Å²) >= 11 is 0. The van der Waals surface area contributed by atoms with Crippen LogP contribution in [0.1, 0.15) is 20.8 Å². The van der Waals surface area contributed by atoms with Gasteiger partial charge < -0.3 is 0 Å². The maximum atomic E-state index is 11.9. The summed E-state index contributed by atoms with van der Waals surface area (Å²) < 4.78 is 11.9. The van der Waals surface area contributed by atoms with Crippen molar-refractivity contribution in [3.8, 4) is 6.07 Å². The molecular weight excluding hydrogens is 206 g/mol. The quantitative estimate of drug-likeness (QED) is 0.631. The number of nitrogens with zero attached hydrogens (tertiary/aromatic N) is 1. The molecular formula is C12H15NOS. The second-order valence-electron chi connectivity index (χ2n) is 4.49.